The number of amides is 1. The van der Waals surface area contributed by atoms with Gasteiger partial charge in [-0.15, -0.1) is 0 Å². The molecule has 5 fully saturated rings. The Kier molecular flexibility index (Phi) is 16.5. The number of ether oxygens (including phenoxy) is 9. The van der Waals surface area contributed by atoms with Crippen molar-refractivity contribution < 1.29 is 124 Å². The van der Waals surface area contributed by atoms with Gasteiger partial charge < -0.3 is 125 Å². The highest BCUT2D eigenvalue weighted by atomic mass is 16.8. The van der Waals surface area contributed by atoms with E-state index in [1.54, 1.807) is 0 Å². The first-order valence-electron chi connectivity index (χ1n) is 18.5. The van der Waals surface area contributed by atoms with Crippen molar-refractivity contribution in [3.05, 3.63) is 0 Å². The Labute approximate surface area is 329 Å². The van der Waals surface area contributed by atoms with E-state index in [2.05, 4.69) is 5.32 Å². The first kappa shape index (κ1) is 47.6. The summed E-state index contributed by atoms with van der Waals surface area (Å²) in [6.07, 6.45) is -43.4. The van der Waals surface area contributed by atoms with E-state index in [1.807, 2.05) is 0 Å². The molecule has 25 unspecified atom stereocenters. The van der Waals surface area contributed by atoms with Gasteiger partial charge in [0.1, 0.15) is 116 Å². The molecule has 16 N–H and O–H groups in total. The van der Waals surface area contributed by atoms with Gasteiger partial charge in [0.2, 0.25) is 5.91 Å². The predicted octanol–water partition coefficient (Wildman–Crippen LogP) is -10.8. The number of nitrogens with one attached hydrogen (secondary N) is 1. The summed E-state index contributed by atoms with van der Waals surface area (Å²) in [6.45, 7) is -1.34. The Morgan fingerprint density at radius 3 is 1.43 bits per heavy atom. The number of hydrogen-bond acceptors (Lipinski definition) is 25. The van der Waals surface area contributed by atoms with Crippen LogP contribution in [0.5, 0.6) is 0 Å². The van der Waals surface area contributed by atoms with Gasteiger partial charge in [-0.25, -0.2) is 0 Å². The third kappa shape index (κ3) is 9.75. The summed E-state index contributed by atoms with van der Waals surface area (Å²) in [6, 6.07) is -1.67. The highest BCUT2D eigenvalue weighted by Gasteiger charge is 2.57. The number of aliphatic hydroxyl groups is 15. The molecule has 58 heavy (non-hydrogen) atoms. The fourth-order valence-corrected chi connectivity index (χ4v) is 7.36. The second kappa shape index (κ2) is 20.1. The molecule has 0 aromatic carbocycles. The number of rotatable bonds is 13. The summed E-state index contributed by atoms with van der Waals surface area (Å²) in [5.41, 5.74) is 0. The van der Waals surface area contributed by atoms with Crippen LogP contribution >= 0.6 is 0 Å². The minimum absolute atomic E-state index is 0.801. The first-order valence-corrected chi connectivity index (χ1v) is 18.5. The molecule has 0 bridgehead atoms. The van der Waals surface area contributed by atoms with Crippen molar-refractivity contribution in [1.82, 2.24) is 5.32 Å². The average Bonchev–Trinajstić information content (AvgIpc) is 3.19. The quantitative estimate of drug-likeness (QED) is 0.0818. The molecular weight excluding hydrogens is 798 g/mol. The number of aliphatic hydroxyl groups excluding tert-OH is 15. The molecule has 1 amide bonds. The average molecular weight is 854 g/mol. The van der Waals surface area contributed by atoms with Gasteiger partial charge in [-0.2, -0.15) is 0 Å². The van der Waals surface area contributed by atoms with E-state index in [0.29, 0.717) is 0 Å². The highest BCUT2D eigenvalue weighted by molar-refractivity contribution is 5.73. The van der Waals surface area contributed by atoms with E-state index < -0.39 is 186 Å². The van der Waals surface area contributed by atoms with Crippen molar-refractivity contribution >= 4 is 5.91 Å². The summed E-state index contributed by atoms with van der Waals surface area (Å²) in [7, 11) is 0. The lowest BCUT2D eigenvalue weighted by Gasteiger charge is -2.50. The number of hydrogen-bond donors (Lipinski definition) is 16. The van der Waals surface area contributed by atoms with E-state index in [4.69, 9.17) is 42.6 Å². The SMILES string of the molecule is CC(=O)NC1C(OC2C(O)C(CO)OC(OC3C(CO)OC(O)C(O)C3OC3OC(C)C(O)C(O)C3O)C2O)OC(CO)C(O)C1OC1OC(CO)C(O)C(O)C1O. The molecule has 0 saturated carbocycles. The third-order valence-corrected chi connectivity index (χ3v) is 10.7. The minimum atomic E-state index is -2.15. The fraction of sp³-hybridized carbons (Fsp3) is 0.969. The molecule has 5 rings (SSSR count). The zero-order chi connectivity index (χ0) is 42.9. The standard InChI is InChI=1S/C32H55NO25/c1-7-14(39)18(43)20(45)30(50-7)58-27-22(47)28(49)51-12(6-37)24(27)55-32-23(48)26(17(42)11(5-36)54-32)57-29-13(33-8(2)38)25(16(41)10(4-35)52-29)56-31-21(46)19(44)15(40)9(3-34)53-31/h7,9-32,34-37,39-49H,3-6H2,1-2H3,(H,33,38). The Balaban J connectivity index is 1.42. The predicted molar refractivity (Wildman–Crippen MR) is 177 cm³/mol. The zero-order valence-electron chi connectivity index (χ0n) is 31.1. The molecule has 0 aromatic heterocycles. The Morgan fingerprint density at radius 2 is 0.879 bits per heavy atom. The lowest BCUT2D eigenvalue weighted by molar-refractivity contribution is -0.392. The van der Waals surface area contributed by atoms with Gasteiger partial charge >= 0.3 is 0 Å². The third-order valence-electron chi connectivity index (χ3n) is 10.7. The molecule has 5 heterocycles. The Morgan fingerprint density at radius 1 is 0.448 bits per heavy atom. The van der Waals surface area contributed by atoms with Gasteiger partial charge in [-0.05, 0) is 6.92 Å². The molecule has 5 aliphatic rings. The Hall–Kier alpha value is -1.49. The van der Waals surface area contributed by atoms with Crippen LogP contribution in [0.25, 0.3) is 0 Å². The smallest absolute Gasteiger partial charge is 0.217 e. The van der Waals surface area contributed by atoms with Crippen LogP contribution in [-0.2, 0) is 47.4 Å². The van der Waals surface area contributed by atoms with Gasteiger partial charge in [0.05, 0.1) is 32.5 Å². The second-order valence-corrected chi connectivity index (χ2v) is 14.7. The lowest BCUT2D eigenvalue weighted by atomic mass is 9.94. The Bertz CT molecular complexity index is 1310. The van der Waals surface area contributed by atoms with E-state index in [9.17, 15) is 81.4 Å². The van der Waals surface area contributed by atoms with Gasteiger partial charge in [0, 0.05) is 6.92 Å². The summed E-state index contributed by atoms with van der Waals surface area (Å²) >= 11 is 0. The van der Waals surface area contributed by atoms with E-state index in [-0.39, 0.29) is 0 Å². The summed E-state index contributed by atoms with van der Waals surface area (Å²) < 4.78 is 50.8. The molecule has 5 aliphatic heterocycles. The number of carbonyl (C=O) groups excluding carboxylic acids is 1. The molecule has 26 nitrogen and oxygen atoms in total. The summed E-state index contributed by atoms with van der Waals surface area (Å²) in [5, 5.41) is 160. The van der Waals surface area contributed by atoms with Gasteiger partial charge in [0.15, 0.2) is 31.5 Å². The van der Waals surface area contributed by atoms with E-state index in [0.717, 1.165) is 6.92 Å². The normalized spacial score (nSPS) is 51.6. The minimum Gasteiger partial charge on any atom is -0.394 e. The zero-order valence-corrected chi connectivity index (χ0v) is 31.1. The van der Waals surface area contributed by atoms with Crippen molar-refractivity contribution in [3.8, 4) is 0 Å². The van der Waals surface area contributed by atoms with Gasteiger partial charge in [0.25, 0.3) is 0 Å². The topological polar surface area (TPSA) is 416 Å². The molecule has 5 saturated heterocycles. The maximum Gasteiger partial charge on any atom is 0.217 e. The van der Waals surface area contributed by atoms with Crippen LogP contribution in [-0.4, -0.2) is 262 Å². The highest BCUT2D eigenvalue weighted by Crippen LogP contribution is 2.36. The molecule has 26 heteroatoms. The molecule has 0 aliphatic carbocycles. The van der Waals surface area contributed by atoms with Crippen LogP contribution in [0.1, 0.15) is 13.8 Å². The lowest BCUT2D eigenvalue weighted by Crippen LogP contribution is -2.70. The molecular formula is C32H55NO25. The van der Waals surface area contributed by atoms with Crippen LogP contribution < -0.4 is 5.32 Å². The fourth-order valence-electron chi connectivity index (χ4n) is 7.36. The summed E-state index contributed by atoms with van der Waals surface area (Å²) in [5.74, 6) is -0.801. The summed E-state index contributed by atoms with van der Waals surface area (Å²) in [4.78, 5) is 12.5. The van der Waals surface area contributed by atoms with E-state index in [1.165, 1.54) is 6.92 Å². The van der Waals surface area contributed by atoms with E-state index >= 15 is 0 Å². The van der Waals surface area contributed by atoms with Crippen LogP contribution in [0.4, 0.5) is 0 Å². The first-order chi connectivity index (χ1) is 27.4. The molecule has 0 spiro atoms. The van der Waals surface area contributed by atoms with Crippen LogP contribution in [0.2, 0.25) is 0 Å². The van der Waals surface area contributed by atoms with Crippen molar-refractivity contribution in [2.45, 2.75) is 167 Å². The van der Waals surface area contributed by atoms with Crippen molar-refractivity contribution in [1.29, 1.82) is 0 Å². The molecule has 0 radical (unpaired) electrons. The molecule has 25 atom stereocenters. The van der Waals surface area contributed by atoms with Crippen molar-refractivity contribution in [2.24, 2.45) is 0 Å². The maximum atomic E-state index is 12.5. The monoisotopic (exact) mass is 853 g/mol. The van der Waals surface area contributed by atoms with Gasteiger partial charge in [-0.3, -0.25) is 4.79 Å². The number of carbonyl (C=O) groups is 1. The van der Waals surface area contributed by atoms with Crippen LogP contribution in [0, 0.1) is 0 Å². The van der Waals surface area contributed by atoms with Crippen LogP contribution in [0.15, 0.2) is 0 Å². The second-order valence-electron chi connectivity index (χ2n) is 14.7. The molecule has 338 valence electrons. The van der Waals surface area contributed by atoms with Crippen LogP contribution in [0.3, 0.4) is 0 Å². The largest absolute Gasteiger partial charge is 0.394 e. The maximum absolute atomic E-state index is 12.5. The molecule has 0 aromatic rings. The van der Waals surface area contributed by atoms with Gasteiger partial charge in [-0.1, -0.05) is 0 Å². The van der Waals surface area contributed by atoms with Crippen molar-refractivity contribution in [2.75, 3.05) is 26.4 Å². The van der Waals surface area contributed by atoms with Crippen molar-refractivity contribution in [3.63, 3.8) is 0 Å².